The Morgan fingerprint density at radius 2 is 1.94 bits per heavy atom. The maximum absolute atomic E-state index is 11.9. The Balaban J connectivity index is 2.16. The van der Waals surface area contributed by atoms with Crippen molar-refractivity contribution in [1.82, 2.24) is 5.32 Å². The van der Waals surface area contributed by atoms with Crippen molar-refractivity contribution in [3.63, 3.8) is 0 Å². The third kappa shape index (κ3) is 5.00. The lowest BCUT2D eigenvalue weighted by Gasteiger charge is -2.23. The molecule has 1 N–H and O–H groups in total. The first-order valence-corrected chi connectivity index (χ1v) is 7.04. The summed E-state index contributed by atoms with van der Waals surface area (Å²) in [5, 5.41) is 3.17. The summed E-state index contributed by atoms with van der Waals surface area (Å²) in [6.07, 6.45) is 10.9. The van der Waals surface area contributed by atoms with Crippen LogP contribution in [0, 0.1) is 5.92 Å². The Morgan fingerprint density at radius 1 is 1.25 bits per heavy atom. The van der Waals surface area contributed by atoms with Crippen LogP contribution < -0.4 is 5.32 Å². The summed E-state index contributed by atoms with van der Waals surface area (Å²) >= 11 is 0. The molecule has 0 spiro atoms. The maximum atomic E-state index is 11.9. The number of unbranched alkanes of at least 4 members (excludes halogenated alkanes) is 2. The largest absolute Gasteiger partial charge is 0.353 e. The first-order chi connectivity index (χ1) is 7.74. The monoisotopic (exact) mass is 225 g/mol. The van der Waals surface area contributed by atoms with E-state index in [1.807, 2.05) is 0 Å². The van der Waals surface area contributed by atoms with Crippen LogP contribution in [0.2, 0.25) is 0 Å². The number of carbonyl (C=O) groups is 1. The second-order valence-corrected chi connectivity index (χ2v) is 5.24. The van der Waals surface area contributed by atoms with Crippen molar-refractivity contribution < 1.29 is 4.79 Å². The van der Waals surface area contributed by atoms with Crippen LogP contribution in [0.25, 0.3) is 0 Å². The highest BCUT2D eigenvalue weighted by Crippen LogP contribution is 2.23. The van der Waals surface area contributed by atoms with Crippen LogP contribution in [0.1, 0.15) is 71.6 Å². The zero-order valence-electron chi connectivity index (χ0n) is 10.9. The molecule has 2 heteroatoms. The third-order valence-corrected chi connectivity index (χ3v) is 3.61. The summed E-state index contributed by atoms with van der Waals surface area (Å²) in [5.41, 5.74) is 0. The smallest absolute Gasteiger partial charge is 0.223 e. The van der Waals surface area contributed by atoms with Gasteiger partial charge in [-0.25, -0.2) is 0 Å². The number of carbonyl (C=O) groups excluding carboxylic acids is 1. The van der Waals surface area contributed by atoms with Crippen molar-refractivity contribution in [2.75, 3.05) is 0 Å². The van der Waals surface area contributed by atoms with Crippen LogP contribution in [0.15, 0.2) is 0 Å². The van der Waals surface area contributed by atoms with E-state index in [-0.39, 0.29) is 0 Å². The van der Waals surface area contributed by atoms with Crippen molar-refractivity contribution in [2.45, 2.75) is 77.7 Å². The fourth-order valence-electron chi connectivity index (χ4n) is 2.50. The molecule has 0 aromatic carbocycles. The molecule has 0 unspecified atom stereocenters. The molecule has 1 saturated carbocycles. The highest BCUT2D eigenvalue weighted by Gasteiger charge is 2.21. The fraction of sp³-hybridized carbons (Fsp3) is 0.929. The van der Waals surface area contributed by atoms with Crippen molar-refractivity contribution >= 4 is 5.91 Å². The van der Waals surface area contributed by atoms with E-state index in [9.17, 15) is 4.79 Å². The van der Waals surface area contributed by atoms with Gasteiger partial charge in [0, 0.05) is 12.0 Å². The quantitative estimate of drug-likeness (QED) is 0.687. The SMILES string of the molecule is CCCCC[C@@H](C)NC(=O)C1CCCCC1. The molecule has 1 amide bonds. The lowest BCUT2D eigenvalue weighted by molar-refractivity contribution is -0.126. The Kier molecular flexibility index (Phi) is 6.51. The third-order valence-electron chi connectivity index (χ3n) is 3.61. The van der Waals surface area contributed by atoms with Gasteiger partial charge in [-0.15, -0.1) is 0 Å². The molecule has 1 fully saturated rings. The first-order valence-electron chi connectivity index (χ1n) is 7.04. The molecular weight excluding hydrogens is 198 g/mol. The van der Waals surface area contributed by atoms with Crippen LogP contribution in [-0.2, 0) is 4.79 Å². The van der Waals surface area contributed by atoms with E-state index in [0.717, 1.165) is 19.3 Å². The average Bonchev–Trinajstić information content (AvgIpc) is 2.30. The molecule has 1 aliphatic carbocycles. The molecule has 16 heavy (non-hydrogen) atoms. The van der Waals surface area contributed by atoms with Crippen LogP contribution in [0.5, 0.6) is 0 Å². The normalized spacial score (nSPS) is 19.4. The van der Waals surface area contributed by atoms with E-state index in [0.29, 0.717) is 17.9 Å². The highest BCUT2D eigenvalue weighted by molar-refractivity contribution is 5.78. The molecule has 94 valence electrons. The van der Waals surface area contributed by atoms with Gasteiger partial charge in [-0.05, 0) is 26.2 Å². The standard InChI is InChI=1S/C14H27NO/c1-3-4-6-9-12(2)15-14(16)13-10-7-5-8-11-13/h12-13H,3-11H2,1-2H3,(H,15,16)/t12-/m1/s1. The van der Waals surface area contributed by atoms with Gasteiger partial charge in [-0.3, -0.25) is 4.79 Å². The summed E-state index contributed by atoms with van der Waals surface area (Å²) in [6.45, 7) is 4.35. The lowest BCUT2D eigenvalue weighted by Crippen LogP contribution is -2.37. The van der Waals surface area contributed by atoms with E-state index < -0.39 is 0 Å². The van der Waals surface area contributed by atoms with E-state index in [1.54, 1.807) is 0 Å². The summed E-state index contributed by atoms with van der Waals surface area (Å²) in [7, 11) is 0. The van der Waals surface area contributed by atoms with Gasteiger partial charge in [0.2, 0.25) is 5.91 Å². The topological polar surface area (TPSA) is 29.1 Å². The Bertz CT molecular complexity index is 197. The van der Waals surface area contributed by atoms with Crippen molar-refractivity contribution in [2.24, 2.45) is 5.92 Å². The molecule has 1 rings (SSSR count). The number of nitrogens with one attached hydrogen (secondary N) is 1. The van der Waals surface area contributed by atoms with E-state index in [1.165, 1.54) is 38.5 Å². The van der Waals surface area contributed by atoms with Crippen LogP contribution in [-0.4, -0.2) is 11.9 Å². The van der Waals surface area contributed by atoms with Crippen LogP contribution in [0.3, 0.4) is 0 Å². The Hall–Kier alpha value is -0.530. The first kappa shape index (κ1) is 13.5. The van der Waals surface area contributed by atoms with E-state index in [4.69, 9.17) is 0 Å². The Morgan fingerprint density at radius 3 is 2.56 bits per heavy atom. The van der Waals surface area contributed by atoms with E-state index >= 15 is 0 Å². The van der Waals surface area contributed by atoms with Gasteiger partial charge in [0.15, 0.2) is 0 Å². The number of amides is 1. The van der Waals surface area contributed by atoms with Crippen LogP contribution in [0.4, 0.5) is 0 Å². The summed E-state index contributed by atoms with van der Waals surface area (Å²) < 4.78 is 0. The van der Waals surface area contributed by atoms with Crippen molar-refractivity contribution in [3.05, 3.63) is 0 Å². The van der Waals surface area contributed by atoms with Gasteiger partial charge >= 0.3 is 0 Å². The fourth-order valence-corrected chi connectivity index (χ4v) is 2.50. The molecule has 0 aromatic rings. The molecule has 1 atom stereocenters. The lowest BCUT2D eigenvalue weighted by atomic mass is 9.88. The molecule has 0 radical (unpaired) electrons. The minimum absolute atomic E-state index is 0.308. The summed E-state index contributed by atoms with van der Waals surface area (Å²) in [5.74, 6) is 0.617. The molecule has 1 aliphatic rings. The molecule has 0 saturated heterocycles. The molecule has 2 nitrogen and oxygen atoms in total. The van der Waals surface area contributed by atoms with Crippen molar-refractivity contribution in [1.29, 1.82) is 0 Å². The Labute approximate surface area is 100 Å². The predicted octanol–water partition coefficient (Wildman–Crippen LogP) is 3.65. The second-order valence-electron chi connectivity index (χ2n) is 5.24. The van der Waals surface area contributed by atoms with Crippen molar-refractivity contribution in [3.8, 4) is 0 Å². The number of rotatable bonds is 6. The van der Waals surface area contributed by atoms with Gasteiger partial charge in [0.1, 0.15) is 0 Å². The van der Waals surface area contributed by atoms with E-state index in [2.05, 4.69) is 19.2 Å². The molecular formula is C14H27NO. The second kappa shape index (κ2) is 7.70. The zero-order chi connectivity index (χ0) is 11.8. The summed E-state index contributed by atoms with van der Waals surface area (Å²) in [6, 6.07) is 0.362. The van der Waals surface area contributed by atoms with Crippen LogP contribution >= 0.6 is 0 Å². The maximum Gasteiger partial charge on any atom is 0.223 e. The minimum Gasteiger partial charge on any atom is -0.353 e. The average molecular weight is 225 g/mol. The van der Waals surface area contributed by atoms with Gasteiger partial charge < -0.3 is 5.32 Å². The van der Waals surface area contributed by atoms with Gasteiger partial charge in [-0.2, -0.15) is 0 Å². The van der Waals surface area contributed by atoms with Gasteiger partial charge in [0.25, 0.3) is 0 Å². The molecule has 0 aliphatic heterocycles. The molecule has 0 heterocycles. The highest BCUT2D eigenvalue weighted by atomic mass is 16.1. The molecule has 0 aromatic heterocycles. The summed E-state index contributed by atoms with van der Waals surface area (Å²) in [4.78, 5) is 11.9. The van der Waals surface area contributed by atoms with Gasteiger partial charge in [0.05, 0.1) is 0 Å². The van der Waals surface area contributed by atoms with Gasteiger partial charge in [-0.1, -0.05) is 45.4 Å². The number of hydrogen-bond acceptors (Lipinski definition) is 1. The predicted molar refractivity (Wildman–Crippen MR) is 68.3 cm³/mol. The number of hydrogen-bond donors (Lipinski definition) is 1. The minimum atomic E-state index is 0.308. The molecule has 0 bridgehead atoms. The zero-order valence-corrected chi connectivity index (χ0v) is 10.9.